The van der Waals surface area contributed by atoms with Gasteiger partial charge in [0.15, 0.2) is 17.1 Å². The minimum Gasteiger partial charge on any atom is -0.497 e. The summed E-state index contributed by atoms with van der Waals surface area (Å²) in [7, 11) is 4.99. The van der Waals surface area contributed by atoms with Crippen LogP contribution in [0.5, 0.6) is 23.0 Å². The molecule has 0 bridgehead atoms. The summed E-state index contributed by atoms with van der Waals surface area (Å²) in [5.41, 5.74) is 7.96. The summed E-state index contributed by atoms with van der Waals surface area (Å²) in [6.07, 6.45) is 4.42. The van der Waals surface area contributed by atoms with Gasteiger partial charge in [-0.2, -0.15) is 5.26 Å². The van der Waals surface area contributed by atoms with Crippen molar-refractivity contribution in [3.05, 3.63) is 118 Å². The molecule has 0 radical (unpaired) electrons. The molecule has 5 aromatic carbocycles. The highest BCUT2D eigenvalue weighted by Crippen LogP contribution is 2.59. The molecule has 1 saturated heterocycles. The number of ether oxygens (including phenoxy) is 5. The first-order valence-corrected chi connectivity index (χ1v) is 16.6. The van der Waals surface area contributed by atoms with Crippen molar-refractivity contribution in [2.75, 3.05) is 52.5 Å². The van der Waals surface area contributed by atoms with Crippen LogP contribution in [-0.2, 0) is 15.8 Å². The molecule has 7 nitrogen and oxygen atoms in total. The van der Waals surface area contributed by atoms with E-state index in [4.69, 9.17) is 23.7 Å². The Balaban J connectivity index is 1.39. The maximum absolute atomic E-state index is 9.82. The van der Waals surface area contributed by atoms with Gasteiger partial charge in [-0.3, -0.25) is 0 Å². The molecule has 0 spiro atoms. The van der Waals surface area contributed by atoms with Gasteiger partial charge in [-0.25, -0.2) is 0 Å². The lowest BCUT2D eigenvalue weighted by molar-refractivity contribution is 0.122. The Morgan fingerprint density at radius 3 is 2.06 bits per heavy atom. The Hall–Kier alpha value is -5.45. The summed E-state index contributed by atoms with van der Waals surface area (Å²) in [4.78, 5) is 2.36. The number of methoxy groups -OCH3 is 3. The molecular formula is C42H38N2O5. The van der Waals surface area contributed by atoms with Crippen LogP contribution in [0.1, 0.15) is 47.2 Å². The molecule has 8 rings (SSSR count). The number of nitriles is 1. The molecular weight excluding hydrogens is 612 g/mol. The minimum atomic E-state index is -0.944. The lowest BCUT2D eigenvalue weighted by atomic mass is 9.76. The Kier molecular flexibility index (Phi) is 7.31. The second-order valence-electron chi connectivity index (χ2n) is 13.3. The summed E-state index contributed by atoms with van der Waals surface area (Å²) in [5.74, 6) is 2.81. The van der Waals surface area contributed by atoms with Crippen molar-refractivity contribution in [2.24, 2.45) is 0 Å². The molecule has 7 heteroatoms. The zero-order valence-electron chi connectivity index (χ0n) is 28.4. The van der Waals surface area contributed by atoms with Crippen molar-refractivity contribution >= 4 is 22.5 Å². The topological polar surface area (TPSA) is 73.2 Å². The standard InChI is InChI=1S/C42H38N2O5/c1-41(2)35-22-26(25-43)6-15-31(35)38-33-23-36(46-4)37(47-5)24-34(33)40-32(39(38)41)16-17-42(49-40,28-9-13-30(45-3)14-10-28)27-7-11-29(12-8-27)44-18-20-48-21-19-44/h6-17,22-24H,18-21H2,1-5H3. The van der Waals surface area contributed by atoms with E-state index in [-0.39, 0.29) is 0 Å². The number of nitrogens with zero attached hydrogens (tertiary/aromatic N) is 2. The molecule has 2 heterocycles. The molecule has 1 unspecified atom stereocenters. The van der Waals surface area contributed by atoms with Crippen molar-refractivity contribution in [3.63, 3.8) is 0 Å². The van der Waals surface area contributed by atoms with E-state index in [9.17, 15) is 5.26 Å². The lowest BCUT2D eigenvalue weighted by Gasteiger charge is -2.39. The van der Waals surface area contributed by atoms with Gasteiger partial charge < -0.3 is 28.6 Å². The second kappa shape index (κ2) is 11.6. The maximum atomic E-state index is 9.82. The molecule has 49 heavy (non-hydrogen) atoms. The van der Waals surface area contributed by atoms with Crippen LogP contribution in [0.25, 0.3) is 28.0 Å². The highest BCUT2D eigenvalue weighted by atomic mass is 16.5. The van der Waals surface area contributed by atoms with E-state index in [1.54, 1.807) is 21.3 Å². The van der Waals surface area contributed by atoms with E-state index in [1.165, 1.54) is 0 Å². The molecule has 5 aromatic rings. The van der Waals surface area contributed by atoms with E-state index in [1.807, 2.05) is 30.3 Å². The van der Waals surface area contributed by atoms with Gasteiger partial charge in [0.05, 0.1) is 46.2 Å². The predicted octanol–water partition coefficient (Wildman–Crippen LogP) is 8.23. The Bertz CT molecular complexity index is 2170. The third kappa shape index (κ3) is 4.66. The van der Waals surface area contributed by atoms with E-state index in [0.29, 0.717) is 17.1 Å². The summed E-state index contributed by atoms with van der Waals surface area (Å²) in [6.45, 7) is 7.64. The molecule has 1 aliphatic carbocycles. The molecule has 2 aliphatic heterocycles. The second-order valence-corrected chi connectivity index (χ2v) is 13.3. The molecule has 1 atom stereocenters. The van der Waals surface area contributed by atoms with Crippen LogP contribution in [-0.4, -0.2) is 47.6 Å². The number of anilines is 1. The number of rotatable bonds is 6. The van der Waals surface area contributed by atoms with E-state index in [2.05, 4.69) is 85.5 Å². The van der Waals surface area contributed by atoms with Crippen molar-refractivity contribution in [3.8, 4) is 40.2 Å². The van der Waals surface area contributed by atoms with E-state index >= 15 is 0 Å². The van der Waals surface area contributed by atoms with Gasteiger partial charge in [-0.1, -0.05) is 50.3 Å². The summed E-state index contributed by atoms with van der Waals surface area (Å²) in [5, 5.41) is 11.7. The molecule has 3 aliphatic rings. The van der Waals surface area contributed by atoms with Crippen LogP contribution < -0.4 is 23.8 Å². The number of morpholine rings is 1. The maximum Gasteiger partial charge on any atom is 0.178 e. The normalized spacial score (nSPS) is 18.6. The molecule has 1 fully saturated rings. The average Bonchev–Trinajstić information content (AvgIpc) is 3.40. The van der Waals surface area contributed by atoms with Crippen LogP contribution >= 0.6 is 0 Å². The smallest absolute Gasteiger partial charge is 0.178 e. The van der Waals surface area contributed by atoms with Crippen molar-refractivity contribution in [1.82, 2.24) is 0 Å². The SMILES string of the molecule is COc1ccc(C2(c3ccc(N4CCOCC4)cc3)C=Cc3c4c(c5cc(OC)c(OC)cc5c3O2)-c2ccc(C#N)cc2C4(C)C)cc1. The molecule has 246 valence electrons. The zero-order chi connectivity index (χ0) is 33.9. The first-order chi connectivity index (χ1) is 23.8. The fraction of sp³-hybridized carbons (Fsp3) is 0.262. The van der Waals surface area contributed by atoms with Gasteiger partial charge in [-0.05, 0) is 82.2 Å². The van der Waals surface area contributed by atoms with E-state index in [0.717, 1.165) is 93.2 Å². The number of fused-ring (bicyclic) bond motifs is 8. The molecule has 0 N–H and O–H groups in total. The highest BCUT2D eigenvalue weighted by Gasteiger charge is 2.44. The quantitative estimate of drug-likeness (QED) is 0.183. The zero-order valence-corrected chi connectivity index (χ0v) is 28.4. The Morgan fingerprint density at radius 1 is 0.776 bits per heavy atom. The predicted molar refractivity (Wildman–Crippen MR) is 192 cm³/mol. The molecule has 0 amide bonds. The summed E-state index contributed by atoms with van der Waals surface area (Å²) in [6, 6.07) is 29.3. The van der Waals surface area contributed by atoms with E-state index < -0.39 is 11.0 Å². The largest absolute Gasteiger partial charge is 0.497 e. The van der Waals surface area contributed by atoms with Crippen LogP contribution in [0.2, 0.25) is 0 Å². The van der Waals surface area contributed by atoms with Gasteiger partial charge in [0, 0.05) is 46.3 Å². The van der Waals surface area contributed by atoms with Gasteiger partial charge >= 0.3 is 0 Å². The van der Waals surface area contributed by atoms with Gasteiger partial charge in [0.1, 0.15) is 11.5 Å². The molecule has 0 saturated carbocycles. The average molecular weight is 651 g/mol. The number of benzene rings is 5. The Morgan fingerprint density at radius 2 is 1.43 bits per heavy atom. The summed E-state index contributed by atoms with van der Waals surface area (Å²) >= 11 is 0. The fourth-order valence-electron chi connectivity index (χ4n) is 7.94. The fourth-order valence-corrected chi connectivity index (χ4v) is 7.94. The first-order valence-electron chi connectivity index (χ1n) is 16.6. The van der Waals surface area contributed by atoms with Crippen LogP contribution in [0, 0.1) is 11.3 Å². The van der Waals surface area contributed by atoms with Crippen molar-refractivity contribution in [1.29, 1.82) is 5.26 Å². The lowest BCUT2D eigenvalue weighted by Crippen LogP contribution is -2.37. The van der Waals surface area contributed by atoms with Gasteiger partial charge in [0.2, 0.25) is 0 Å². The van der Waals surface area contributed by atoms with Crippen LogP contribution in [0.4, 0.5) is 5.69 Å². The molecule has 0 aromatic heterocycles. The van der Waals surface area contributed by atoms with Crippen LogP contribution in [0.3, 0.4) is 0 Å². The third-order valence-electron chi connectivity index (χ3n) is 10.5. The van der Waals surface area contributed by atoms with Crippen LogP contribution in [0.15, 0.2) is 84.9 Å². The minimum absolute atomic E-state index is 0.406. The van der Waals surface area contributed by atoms with Crippen molar-refractivity contribution < 1.29 is 23.7 Å². The summed E-state index contributed by atoms with van der Waals surface area (Å²) < 4.78 is 30.3. The highest BCUT2D eigenvalue weighted by molar-refractivity contribution is 6.09. The number of hydrogen-bond acceptors (Lipinski definition) is 7. The van der Waals surface area contributed by atoms with Gasteiger partial charge in [0.25, 0.3) is 0 Å². The first kappa shape index (κ1) is 30.9. The Labute approximate surface area is 286 Å². The third-order valence-corrected chi connectivity index (χ3v) is 10.5. The van der Waals surface area contributed by atoms with Gasteiger partial charge in [-0.15, -0.1) is 0 Å². The van der Waals surface area contributed by atoms with Crippen molar-refractivity contribution in [2.45, 2.75) is 24.9 Å². The monoisotopic (exact) mass is 650 g/mol. The number of hydrogen-bond donors (Lipinski definition) is 0.